The number of hydrazine groups is 1. The lowest BCUT2D eigenvalue weighted by atomic mass is 10.7. The van der Waals surface area contributed by atoms with Gasteiger partial charge in [-0.15, -0.1) is 0 Å². The molecule has 0 bridgehead atoms. The number of carbonyl (C=O) groups excluding carboxylic acids is 2. The Morgan fingerprint density at radius 2 is 1.17 bits per heavy atom. The molecule has 0 aromatic rings. The minimum atomic E-state index is -0.548. The van der Waals surface area contributed by atoms with E-state index < -0.39 is 12.1 Å². The van der Waals surface area contributed by atoms with Crippen LogP contribution in [0.4, 0.5) is 9.59 Å². The van der Waals surface area contributed by atoms with Crippen molar-refractivity contribution in [1.29, 1.82) is 0 Å². The fourth-order valence-corrected chi connectivity index (χ4v) is 0.513. The first kappa shape index (κ1) is 10.7. The van der Waals surface area contributed by atoms with Crippen molar-refractivity contribution in [2.75, 3.05) is 28.2 Å². The highest BCUT2D eigenvalue weighted by atomic mass is 16.2. The summed E-state index contributed by atoms with van der Waals surface area (Å²) in [4.78, 5) is 24.6. The number of nitrogens with zero attached hydrogens (tertiary/aromatic N) is 3. The van der Waals surface area contributed by atoms with Gasteiger partial charge < -0.3 is 9.80 Å². The highest BCUT2D eigenvalue weighted by Gasteiger charge is 2.20. The van der Waals surface area contributed by atoms with Gasteiger partial charge in [-0.2, -0.15) is 5.01 Å². The smallest absolute Gasteiger partial charge is 0.329 e. The van der Waals surface area contributed by atoms with Gasteiger partial charge in [0.15, 0.2) is 0 Å². The van der Waals surface area contributed by atoms with Crippen LogP contribution in [0.15, 0.2) is 0 Å². The Labute approximate surface area is 71.5 Å². The molecular weight excluding hydrogens is 160 g/mol. The summed E-state index contributed by atoms with van der Waals surface area (Å²) < 4.78 is 0. The molecule has 0 rings (SSSR count). The van der Waals surface area contributed by atoms with E-state index in [-0.39, 0.29) is 0 Å². The molecule has 0 saturated carbocycles. The molecule has 6 nitrogen and oxygen atoms in total. The number of nitrogens with two attached hydrogens (primary N) is 1. The maximum Gasteiger partial charge on any atom is 0.342 e. The zero-order valence-electron chi connectivity index (χ0n) is 7.74. The average Bonchev–Trinajstić information content (AvgIpc) is 2.00. The van der Waals surface area contributed by atoms with E-state index in [1.54, 1.807) is 0 Å². The summed E-state index contributed by atoms with van der Waals surface area (Å²) in [6, 6.07) is -1.09. The molecular formula is C6H14N4O2. The normalized spacial score (nSPS) is 9.08. The van der Waals surface area contributed by atoms with Gasteiger partial charge in [0.1, 0.15) is 0 Å². The van der Waals surface area contributed by atoms with E-state index in [0.29, 0.717) is 5.01 Å². The molecule has 6 heteroatoms. The van der Waals surface area contributed by atoms with Crippen molar-refractivity contribution in [2.24, 2.45) is 5.84 Å². The molecule has 2 N–H and O–H groups in total. The topological polar surface area (TPSA) is 69.9 Å². The van der Waals surface area contributed by atoms with E-state index in [1.165, 1.54) is 38.0 Å². The Kier molecular flexibility index (Phi) is 3.49. The van der Waals surface area contributed by atoms with Gasteiger partial charge in [0, 0.05) is 28.2 Å². The summed E-state index contributed by atoms with van der Waals surface area (Å²) in [5.74, 6) is 5.21. The molecule has 0 spiro atoms. The molecule has 0 aliphatic rings. The van der Waals surface area contributed by atoms with Crippen LogP contribution in [0.25, 0.3) is 0 Å². The number of imide groups is 1. The van der Waals surface area contributed by atoms with Crippen LogP contribution < -0.4 is 5.84 Å². The molecule has 70 valence electrons. The van der Waals surface area contributed by atoms with Crippen LogP contribution >= 0.6 is 0 Å². The molecule has 0 aliphatic carbocycles. The van der Waals surface area contributed by atoms with E-state index in [4.69, 9.17) is 5.84 Å². The second-order valence-corrected chi connectivity index (χ2v) is 2.72. The monoisotopic (exact) mass is 174 g/mol. The van der Waals surface area contributed by atoms with Crippen molar-refractivity contribution in [3.05, 3.63) is 0 Å². The van der Waals surface area contributed by atoms with Gasteiger partial charge in [-0.1, -0.05) is 0 Å². The van der Waals surface area contributed by atoms with Gasteiger partial charge in [-0.25, -0.2) is 15.4 Å². The van der Waals surface area contributed by atoms with E-state index in [9.17, 15) is 9.59 Å². The lowest BCUT2D eigenvalue weighted by Crippen LogP contribution is -2.51. The molecule has 0 atom stereocenters. The van der Waals surface area contributed by atoms with Gasteiger partial charge in [-0.3, -0.25) is 0 Å². The zero-order chi connectivity index (χ0) is 9.89. The Hall–Kier alpha value is -1.30. The first-order valence-corrected chi connectivity index (χ1v) is 3.35. The molecule has 0 radical (unpaired) electrons. The number of urea groups is 2. The highest BCUT2D eigenvalue weighted by Crippen LogP contribution is 1.92. The molecule has 12 heavy (non-hydrogen) atoms. The standard InChI is InChI=1S/C6H14N4O2/c1-8(2)5(11)10(7)6(12)9(3)4/h7H2,1-4H3. The highest BCUT2D eigenvalue weighted by molar-refractivity contribution is 5.92. The van der Waals surface area contributed by atoms with Crippen LogP contribution in [0.3, 0.4) is 0 Å². The third-order valence-corrected chi connectivity index (χ3v) is 1.18. The molecule has 0 aliphatic heterocycles. The number of hydrogen-bond acceptors (Lipinski definition) is 3. The van der Waals surface area contributed by atoms with Crippen molar-refractivity contribution in [3.8, 4) is 0 Å². The minimum absolute atomic E-state index is 0.547. The number of hydrogen-bond donors (Lipinski definition) is 1. The molecule has 0 unspecified atom stereocenters. The van der Waals surface area contributed by atoms with E-state index in [0.717, 1.165) is 0 Å². The summed E-state index contributed by atoms with van der Waals surface area (Å²) in [5, 5.41) is 0.556. The first-order chi connectivity index (χ1) is 5.37. The average molecular weight is 174 g/mol. The summed E-state index contributed by atoms with van der Waals surface area (Å²) in [6.45, 7) is 0. The molecule has 0 heterocycles. The van der Waals surface area contributed by atoms with E-state index >= 15 is 0 Å². The number of amides is 4. The molecule has 0 fully saturated rings. The molecule has 4 amide bonds. The van der Waals surface area contributed by atoms with Crippen LogP contribution in [0.2, 0.25) is 0 Å². The predicted octanol–water partition coefficient (Wildman–Crippen LogP) is -0.475. The van der Waals surface area contributed by atoms with Gasteiger partial charge in [0.05, 0.1) is 0 Å². The van der Waals surface area contributed by atoms with Crippen LogP contribution in [0, 0.1) is 0 Å². The van der Waals surface area contributed by atoms with Crippen molar-refractivity contribution in [2.45, 2.75) is 0 Å². The van der Waals surface area contributed by atoms with Gasteiger partial charge in [-0.05, 0) is 0 Å². The van der Waals surface area contributed by atoms with Crippen LogP contribution in [-0.2, 0) is 0 Å². The fourth-order valence-electron chi connectivity index (χ4n) is 0.513. The van der Waals surface area contributed by atoms with Crippen molar-refractivity contribution < 1.29 is 9.59 Å². The van der Waals surface area contributed by atoms with Gasteiger partial charge >= 0.3 is 12.1 Å². The number of rotatable bonds is 0. The first-order valence-electron chi connectivity index (χ1n) is 3.35. The Bertz CT molecular complexity index is 170. The minimum Gasteiger partial charge on any atom is -0.329 e. The predicted molar refractivity (Wildman–Crippen MR) is 44.2 cm³/mol. The Morgan fingerprint density at radius 3 is 1.33 bits per heavy atom. The zero-order valence-corrected chi connectivity index (χ0v) is 7.74. The maximum absolute atomic E-state index is 11.1. The van der Waals surface area contributed by atoms with Crippen molar-refractivity contribution >= 4 is 12.1 Å². The van der Waals surface area contributed by atoms with Crippen LogP contribution in [0.5, 0.6) is 0 Å². The fraction of sp³-hybridized carbons (Fsp3) is 0.667. The van der Waals surface area contributed by atoms with Crippen LogP contribution in [0.1, 0.15) is 0 Å². The molecule has 0 aromatic heterocycles. The van der Waals surface area contributed by atoms with Crippen molar-refractivity contribution in [1.82, 2.24) is 14.8 Å². The quantitative estimate of drug-likeness (QED) is 0.306. The molecule has 0 saturated heterocycles. The Morgan fingerprint density at radius 1 is 0.917 bits per heavy atom. The summed E-state index contributed by atoms with van der Waals surface area (Å²) >= 11 is 0. The second-order valence-electron chi connectivity index (χ2n) is 2.72. The lowest BCUT2D eigenvalue weighted by molar-refractivity contribution is 0.154. The van der Waals surface area contributed by atoms with E-state index in [1.807, 2.05) is 0 Å². The third-order valence-electron chi connectivity index (χ3n) is 1.18. The maximum atomic E-state index is 11.1. The SMILES string of the molecule is CN(C)C(=O)N(N)C(=O)N(C)C. The second kappa shape index (κ2) is 3.91. The number of carbonyl (C=O) groups is 2. The largest absolute Gasteiger partial charge is 0.342 e. The Balaban J connectivity index is 4.30. The summed E-state index contributed by atoms with van der Waals surface area (Å²) in [5.41, 5.74) is 0. The van der Waals surface area contributed by atoms with Gasteiger partial charge in [0.25, 0.3) is 0 Å². The summed E-state index contributed by atoms with van der Waals surface area (Å²) in [7, 11) is 6.08. The van der Waals surface area contributed by atoms with Gasteiger partial charge in [0.2, 0.25) is 0 Å². The lowest BCUT2D eigenvalue weighted by Gasteiger charge is -2.22. The van der Waals surface area contributed by atoms with Crippen LogP contribution in [-0.4, -0.2) is 55.1 Å². The van der Waals surface area contributed by atoms with E-state index in [2.05, 4.69) is 0 Å². The van der Waals surface area contributed by atoms with Crippen molar-refractivity contribution in [3.63, 3.8) is 0 Å². The third kappa shape index (κ3) is 2.39. The molecule has 0 aromatic carbocycles. The summed E-state index contributed by atoms with van der Waals surface area (Å²) in [6.07, 6.45) is 0.